The molecule has 0 saturated carbocycles. The van der Waals surface area contributed by atoms with Crippen LogP contribution in [0.4, 0.5) is 0 Å². The van der Waals surface area contributed by atoms with Gasteiger partial charge in [-0.2, -0.15) is 0 Å². The Labute approximate surface area is 153 Å². The molecule has 1 aliphatic rings. The lowest BCUT2D eigenvalue weighted by Gasteiger charge is -2.23. The van der Waals surface area contributed by atoms with Gasteiger partial charge in [0.25, 0.3) is 5.91 Å². The molecule has 25 heavy (non-hydrogen) atoms. The predicted octanol–water partition coefficient (Wildman–Crippen LogP) is 1.33. The van der Waals surface area contributed by atoms with Crippen LogP contribution in [0.15, 0.2) is 17.0 Å². The van der Waals surface area contributed by atoms with Gasteiger partial charge in [-0.05, 0) is 44.0 Å². The van der Waals surface area contributed by atoms with Gasteiger partial charge in [-0.3, -0.25) is 4.79 Å². The molecule has 1 aliphatic heterocycles. The van der Waals surface area contributed by atoms with Crippen molar-refractivity contribution in [2.45, 2.75) is 17.7 Å². The summed E-state index contributed by atoms with van der Waals surface area (Å²) >= 11 is 6.05. The fourth-order valence-electron chi connectivity index (χ4n) is 2.78. The molecule has 1 unspecified atom stereocenters. The fraction of sp³-hybridized carbons (Fsp3) is 0.562. The monoisotopic (exact) mass is 389 g/mol. The number of nitrogens with zero attached hydrogens (tertiary/aromatic N) is 1. The summed E-state index contributed by atoms with van der Waals surface area (Å²) in [6, 6.07) is 2.71. The highest BCUT2D eigenvalue weighted by Crippen LogP contribution is 2.32. The van der Waals surface area contributed by atoms with Crippen LogP contribution in [0.2, 0.25) is 5.02 Å². The first-order valence-corrected chi connectivity index (χ1v) is 9.92. The second kappa shape index (κ2) is 8.35. The number of methoxy groups -OCH3 is 1. The average Bonchev–Trinajstić information content (AvgIpc) is 2.59. The van der Waals surface area contributed by atoms with Gasteiger partial charge < -0.3 is 15.0 Å². The number of rotatable bonds is 6. The average molecular weight is 390 g/mol. The van der Waals surface area contributed by atoms with Crippen molar-refractivity contribution >= 4 is 27.5 Å². The van der Waals surface area contributed by atoms with Crippen LogP contribution < -0.4 is 14.8 Å². The van der Waals surface area contributed by atoms with E-state index in [1.807, 2.05) is 0 Å². The van der Waals surface area contributed by atoms with Crippen molar-refractivity contribution in [3.8, 4) is 5.75 Å². The lowest BCUT2D eigenvalue weighted by atomic mass is 10.0. The number of sulfonamides is 1. The van der Waals surface area contributed by atoms with Gasteiger partial charge in [0.1, 0.15) is 4.90 Å². The van der Waals surface area contributed by atoms with E-state index in [1.54, 1.807) is 14.1 Å². The normalized spacial score (nSPS) is 18.0. The largest absolute Gasteiger partial charge is 0.494 e. The second-order valence-electron chi connectivity index (χ2n) is 6.25. The first-order chi connectivity index (χ1) is 11.8. The van der Waals surface area contributed by atoms with Crippen molar-refractivity contribution in [2.75, 3.05) is 40.8 Å². The van der Waals surface area contributed by atoms with Gasteiger partial charge in [0, 0.05) is 25.7 Å². The summed E-state index contributed by atoms with van der Waals surface area (Å²) < 4.78 is 33.4. The van der Waals surface area contributed by atoms with Crippen LogP contribution in [-0.4, -0.2) is 60.1 Å². The lowest BCUT2D eigenvalue weighted by Crippen LogP contribution is -2.38. The molecule has 1 amide bonds. The molecular weight excluding hydrogens is 366 g/mol. The fourth-order valence-corrected chi connectivity index (χ4v) is 4.40. The summed E-state index contributed by atoms with van der Waals surface area (Å²) in [6.45, 7) is 2.06. The summed E-state index contributed by atoms with van der Waals surface area (Å²) in [5.41, 5.74) is 0.111. The summed E-state index contributed by atoms with van der Waals surface area (Å²) in [6.07, 6.45) is 1.99. The van der Waals surface area contributed by atoms with Crippen LogP contribution >= 0.6 is 11.6 Å². The first-order valence-electron chi connectivity index (χ1n) is 8.06. The highest BCUT2D eigenvalue weighted by molar-refractivity contribution is 7.89. The third-order valence-corrected chi connectivity index (χ3v) is 5.76. The van der Waals surface area contributed by atoms with Gasteiger partial charge in [0.2, 0.25) is 10.0 Å². The van der Waals surface area contributed by atoms with E-state index in [4.69, 9.17) is 16.3 Å². The summed E-state index contributed by atoms with van der Waals surface area (Å²) in [5, 5.41) is 3.41. The van der Waals surface area contributed by atoms with Crippen LogP contribution in [0.5, 0.6) is 5.75 Å². The van der Waals surface area contributed by atoms with E-state index in [2.05, 4.69) is 10.0 Å². The van der Waals surface area contributed by atoms with E-state index in [0.717, 1.165) is 25.9 Å². The van der Waals surface area contributed by atoms with Crippen LogP contribution in [0, 0.1) is 5.92 Å². The molecule has 0 bridgehead atoms. The van der Waals surface area contributed by atoms with Crippen LogP contribution in [0.3, 0.4) is 0 Å². The van der Waals surface area contributed by atoms with Crippen molar-refractivity contribution in [2.24, 2.45) is 5.92 Å². The summed E-state index contributed by atoms with van der Waals surface area (Å²) in [4.78, 5) is 13.5. The van der Waals surface area contributed by atoms with E-state index < -0.39 is 10.0 Å². The molecule has 2 rings (SSSR count). The van der Waals surface area contributed by atoms with Gasteiger partial charge in [-0.25, -0.2) is 13.1 Å². The molecule has 9 heteroatoms. The number of nitrogens with one attached hydrogen (secondary N) is 2. The molecule has 0 aliphatic carbocycles. The van der Waals surface area contributed by atoms with Gasteiger partial charge in [0.05, 0.1) is 12.7 Å². The molecule has 0 aromatic heterocycles. The van der Waals surface area contributed by atoms with Crippen LogP contribution in [0.1, 0.15) is 23.2 Å². The van der Waals surface area contributed by atoms with E-state index in [-0.39, 0.29) is 33.1 Å². The maximum absolute atomic E-state index is 12.8. The Balaban J connectivity index is 2.33. The Bertz CT molecular complexity index is 731. The summed E-state index contributed by atoms with van der Waals surface area (Å²) in [7, 11) is 0.618. The molecular formula is C16H24ClN3O4S. The third kappa shape index (κ3) is 4.84. The number of hydrogen-bond donors (Lipinski definition) is 2. The first kappa shape index (κ1) is 20.0. The van der Waals surface area contributed by atoms with E-state index in [1.165, 1.54) is 24.1 Å². The Morgan fingerprint density at radius 3 is 2.72 bits per heavy atom. The van der Waals surface area contributed by atoms with E-state index in [0.29, 0.717) is 6.54 Å². The minimum absolute atomic E-state index is 0.00244. The zero-order valence-corrected chi connectivity index (χ0v) is 16.2. The summed E-state index contributed by atoms with van der Waals surface area (Å²) in [5.74, 6) is -0.152. The molecule has 1 fully saturated rings. The van der Waals surface area contributed by atoms with Crippen molar-refractivity contribution < 1.29 is 17.9 Å². The van der Waals surface area contributed by atoms with Crippen molar-refractivity contribution in [1.29, 1.82) is 0 Å². The maximum Gasteiger partial charge on any atom is 0.257 e. The number of piperidine rings is 1. The van der Waals surface area contributed by atoms with Crippen LogP contribution in [0.25, 0.3) is 0 Å². The molecule has 1 heterocycles. The lowest BCUT2D eigenvalue weighted by molar-refractivity contribution is 0.0824. The minimum atomic E-state index is -3.86. The topological polar surface area (TPSA) is 87.7 Å². The number of carbonyl (C=O) groups is 1. The Morgan fingerprint density at radius 2 is 2.16 bits per heavy atom. The molecule has 2 N–H and O–H groups in total. The Kier molecular flexibility index (Phi) is 6.67. The van der Waals surface area contributed by atoms with Crippen LogP contribution in [-0.2, 0) is 10.0 Å². The number of halogens is 1. The molecule has 1 aromatic carbocycles. The number of carbonyl (C=O) groups excluding carboxylic acids is 1. The SMILES string of the molecule is COc1c(C(=O)N(C)C)cc(Cl)cc1S(=O)(=O)NCC1CCCNC1. The zero-order chi connectivity index (χ0) is 18.6. The smallest absolute Gasteiger partial charge is 0.257 e. The Hall–Kier alpha value is -1.35. The highest BCUT2D eigenvalue weighted by atomic mass is 35.5. The predicted molar refractivity (Wildman–Crippen MR) is 96.8 cm³/mol. The third-order valence-electron chi connectivity index (χ3n) is 4.11. The highest BCUT2D eigenvalue weighted by Gasteiger charge is 2.27. The number of amides is 1. The molecule has 140 valence electrons. The van der Waals surface area contributed by atoms with Gasteiger partial charge in [-0.15, -0.1) is 0 Å². The van der Waals surface area contributed by atoms with Gasteiger partial charge >= 0.3 is 0 Å². The zero-order valence-electron chi connectivity index (χ0n) is 14.6. The number of hydrogen-bond acceptors (Lipinski definition) is 5. The van der Waals surface area contributed by atoms with E-state index in [9.17, 15) is 13.2 Å². The van der Waals surface area contributed by atoms with Gasteiger partial charge in [-0.1, -0.05) is 11.6 Å². The molecule has 1 aromatic rings. The molecule has 7 nitrogen and oxygen atoms in total. The Morgan fingerprint density at radius 1 is 1.44 bits per heavy atom. The molecule has 1 atom stereocenters. The maximum atomic E-state index is 12.8. The number of benzene rings is 1. The van der Waals surface area contributed by atoms with Crippen molar-refractivity contribution in [3.05, 3.63) is 22.7 Å². The molecule has 1 saturated heterocycles. The minimum Gasteiger partial charge on any atom is -0.494 e. The van der Waals surface area contributed by atoms with Crippen molar-refractivity contribution in [3.63, 3.8) is 0 Å². The van der Waals surface area contributed by atoms with Crippen molar-refractivity contribution in [1.82, 2.24) is 14.9 Å². The quantitative estimate of drug-likeness (QED) is 0.766. The second-order valence-corrected chi connectivity index (χ2v) is 8.42. The molecule has 0 spiro atoms. The standard InChI is InChI=1S/C16H24ClN3O4S/c1-20(2)16(21)13-7-12(17)8-14(15(13)24-3)25(22,23)19-10-11-5-4-6-18-9-11/h7-8,11,18-19H,4-6,9-10H2,1-3H3. The number of ether oxygens (including phenoxy) is 1. The molecule has 0 radical (unpaired) electrons. The van der Waals surface area contributed by atoms with E-state index >= 15 is 0 Å². The van der Waals surface area contributed by atoms with Gasteiger partial charge in [0.15, 0.2) is 5.75 Å².